The molecule has 2 aromatic rings. The van der Waals surface area contributed by atoms with Gasteiger partial charge >= 0.3 is 12.1 Å². The predicted molar refractivity (Wildman–Crippen MR) is 94.2 cm³/mol. The third kappa shape index (κ3) is 4.57. The van der Waals surface area contributed by atoms with Crippen molar-refractivity contribution in [1.82, 2.24) is 20.2 Å². The highest BCUT2D eigenvalue weighted by Gasteiger charge is 2.37. The molecule has 8 nitrogen and oxygen atoms in total. The molecule has 158 valence electrons. The fourth-order valence-corrected chi connectivity index (χ4v) is 4.34. The van der Waals surface area contributed by atoms with E-state index in [1.54, 1.807) is 0 Å². The van der Waals surface area contributed by atoms with E-state index in [0.29, 0.717) is 4.68 Å². The Morgan fingerprint density at radius 3 is 2.52 bits per heavy atom. The van der Waals surface area contributed by atoms with Gasteiger partial charge in [-0.05, 0) is 40.5 Å². The Bertz CT molecular complexity index is 1010. The van der Waals surface area contributed by atoms with Gasteiger partial charge < -0.3 is 5.11 Å². The fourth-order valence-electron chi connectivity index (χ4n) is 3.70. The third-order valence-corrected chi connectivity index (χ3v) is 5.99. The second-order valence-corrected chi connectivity index (χ2v) is 9.11. The summed E-state index contributed by atoms with van der Waals surface area (Å²) in [6, 6.07) is 3.01. The van der Waals surface area contributed by atoms with Crippen LogP contribution < -0.4 is 0 Å². The highest BCUT2D eigenvalue weighted by atomic mass is 32.2. The SMILES string of the molecule is CS(=O)(=O)c1nnnn1-c1ccc(C(CC2CCCC2)C(=O)O)cc1C(F)(F)F. The lowest BCUT2D eigenvalue weighted by atomic mass is 9.87. The van der Waals surface area contributed by atoms with E-state index in [0.717, 1.165) is 44.1 Å². The zero-order valence-corrected chi connectivity index (χ0v) is 16.2. The lowest BCUT2D eigenvalue weighted by molar-refractivity contribution is -0.140. The van der Waals surface area contributed by atoms with Crippen molar-refractivity contribution < 1.29 is 31.5 Å². The van der Waals surface area contributed by atoms with Crippen molar-refractivity contribution in [2.75, 3.05) is 6.26 Å². The number of alkyl halides is 3. The number of sulfone groups is 1. The summed E-state index contributed by atoms with van der Waals surface area (Å²) in [5.74, 6) is -2.13. The number of benzene rings is 1. The van der Waals surface area contributed by atoms with Gasteiger partial charge in [-0.2, -0.15) is 17.9 Å². The summed E-state index contributed by atoms with van der Waals surface area (Å²) >= 11 is 0. The zero-order chi connectivity index (χ0) is 21.4. The summed E-state index contributed by atoms with van der Waals surface area (Å²) in [6.07, 6.45) is -0.159. The van der Waals surface area contributed by atoms with E-state index in [-0.39, 0.29) is 17.9 Å². The van der Waals surface area contributed by atoms with Crippen molar-refractivity contribution in [2.45, 2.75) is 49.4 Å². The molecule has 1 aliphatic rings. The number of aromatic nitrogens is 4. The van der Waals surface area contributed by atoms with Gasteiger partial charge in [0.2, 0.25) is 9.84 Å². The van der Waals surface area contributed by atoms with Gasteiger partial charge in [0.05, 0.1) is 17.2 Å². The first-order valence-corrected chi connectivity index (χ1v) is 10.8. The maximum Gasteiger partial charge on any atom is 0.418 e. The van der Waals surface area contributed by atoms with Crippen LogP contribution in [0.1, 0.15) is 49.1 Å². The number of carboxylic acids is 1. The monoisotopic (exact) mass is 432 g/mol. The molecule has 1 aliphatic carbocycles. The Hall–Kier alpha value is -2.50. The molecule has 0 saturated heterocycles. The van der Waals surface area contributed by atoms with Crippen LogP contribution >= 0.6 is 0 Å². The van der Waals surface area contributed by atoms with Crippen LogP contribution in [0.3, 0.4) is 0 Å². The molecule has 1 aromatic carbocycles. The van der Waals surface area contributed by atoms with E-state index in [1.807, 2.05) is 0 Å². The summed E-state index contributed by atoms with van der Waals surface area (Å²) in [5.41, 5.74) is -1.78. The maximum absolute atomic E-state index is 13.7. The van der Waals surface area contributed by atoms with Crippen LogP contribution in [-0.4, -0.2) is 46.0 Å². The van der Waals surface area contributed by atoms with E-state index in [1.165, 1.54) is 6.07 Å². The Balaban J connectivity index is 2.09. The van der Waals surface area contributed by atoms with E-state index < -0.39 is 44.3 Å². The minimum atomic E-state index is -4.87. The number of halogens is 3. The summed E-state index contributed by atoms with van der Waals surface area (Å²) in [6.45, 7) is 0. The van der Waals surface area contributed by atoms with Crippen LogP contribution in [0, 0.1) is 5.92 Å². The van der Waals surface area contributed by atoms with Gasteiger partial charge in [0.25, 0.3) is 5.16 Å². The molecule has 1 N–H and O–H groups in total. The van der Waals surface area contributed by atoms with Crippen molar-refractivity contribution in [3.63, 3.8) is 0 Å². The van der Waals surface area contributed by atoms with Crippen molar-refractivity contribution in [3.8, 4) is 5.69 Å². The molecule has 1 aromatic heterocycles. The van der Waals surface area contributed by atoms with Gasteiger partial charge in [-0.15, -0.1) is 0 Å². The van der Waals surface area contributed by atoms with Crippen molar-refractivity contribution in [2.24, 2.45) is 5.92 Å². The van der Waals surface area contributed by atoms with E-state index in [9.17, 15) is 31.5 Å². The summed E-state index contributed by atoms with van der Waals surface area (Å²) in [7, 11) is -3.99. The molecule has 1 atom stereocenters. The zero-order valence-electron chi connectivity index (χ0n) is 15.4. The first kappa shape index (κ1) is 21.2. The number of carboxylic acid groups (broad SMARTS) is 1. The average molecular weight is 432 g/mol. The number of hydrogen-bond donors (Lipinski definition) is 1. The first-order valence-electron chi connectivity index (χ1n) is 8.91. The van der Waals surface area contributed by atoms with E-state index in [4.69, 9.17) is 0 Å². The minimum absolute atomic E-state index is 0.00875. The number of nitrogens with zero attached hydrogens (tertiary/aromatic N) is 4. The van der Waals surface area contributed by atoms with E-state index in [2.05, 4.69) is 15.5 Å². The Morgan fingerprint density at radius 2 is 1.97 bits per heavy atom. The third-order valence-electron chi connectivity index (χ3n) is 5.07. The van der Waals surface area contributed by atoms with Crippen LogP contribution in [0.2, 0.25) is 0 Å². The molecule has 1 fully saturated rings. The molecular formula is C17H19F3N4O4S. The van der Waals surface area contributed by atoms with Crippen molar-refractivity contribution >= 4 is 15.8 Å². The average Bonchev–Trinajstić information content (AvgIpc) is 3.29. The Kier molecular flexibility index (Phi) is 5.65. The lowest BCUT2D eigenvalue weighted by Gasteiger charge is -2.20. The lowest BCUT2D eigenvalue weighted by Crippen LogP contribution is -2.19. The summed E-state index contributed by atoms with van der Waals surface area (Å²) in [4.78, 5) is 11.7. The Labute approximate surface area is 164 Å². The highest BCUT2D eigenvalue weighted by molar-refractivity contribution is 7.90. The van der Waals surface area contributed by atoms with Gasteiger partial charge in [-0.25, -0.2) is 8.42 Å². The molecule has 0 aliphatic heterocycles. The molecule has 0 radical (unpaired) electrons. The summed E-state index contributed by atoms with van der Waals surface area (Å²) < 4.78 is 65.3. The van der Waals surface area contributed by atoms with Gasteiger partial charge in [-0.1, -0.05) is 36.8 Å². The Morgan fingerprint density at radius 1 is 1.31 bits per heavy atom. The number of hydrogen-bond acceptors (Lipinski definition) is 6. The second kappa shape index (κ2) is 7.73. The van der Waals surface area contributed by atoms with Gasteiger partial charge in [0, 0.05) is 6.26 Å². The molecule has 0 spiro atoms. The molecular weight excluding hydrogens is 413 g/mol. The van der Waals surface area contributed by atoms with Gasteiger partial charge in [0.15, 0.2) is 0 Å². The maximum atomic E-state index is 13.7. The van der Waals surface area contributed by atoms with Crippen LogP contribution in [0.5, 0.6) is 0 Å². The molecule has 12 heteroatoms. The normalized spacial score (nSPS) is 16.8. The van der Waals surface area contributed by atoms with Crippen LogP contribution in [0.4, 0.5) is 13.2 Å². The molecule has 0 bridgehead atoms. The number of carbonyl (C=O) groups is 1. The molecule has 29 heavy (non-hydrogen) atoms. The molecule has 1 unspecified atom stereocenters. The molecule has 0 amide bonds. The number of rotatable bonds is 6. The summed E-state index contributed by atoms with van der Waals surface area (Å²) in [5, 5.41) is 18.7. The molecule has 1 saturated carbocycles. The van der Waals surface area contributed by atoms with Crippen LogP contribution in [0.15, 0.2) is 23.4 Å². The standard InChI is InChI=1S/C17H19F3N4O4S/c1-29(27,28)16-21-22-23-24(16)14-7-6-11(9-13(14)17(18,19)20)12(15(25)26)8-10-4-2-3-5-10/h6-7,9-10,12H,2-5,8H2,1H3,(H,25,26). The quantitative estimate of drug-likeness (QED) is 0.746. The van der Waals surface area contributed by atoms with Crippen LogP contribution in [-0.2, 0) is 20.8 Å². The number of aliphatic carboxylic acids is 1. The molecule has 1 heterocycles. The predicted octanol–water partition coefficient (Wildman–Crippen LogP) is 2.83. The van der Waals surface area contributed by atoms with Gasteiger partial charge in [-0.3, -0.25) is 4.79 Å². The number of tetrazole rings is 1. The van der Waals surface area contributed by atoms with Crippen molar-refractivity contribution in [3.05, 3.63) is 29.3 Å². The minimum Gasteiger partial charge on any atom is -0.481 e. The van der Waals surface area contributed by atoms with Crippen molar-refractivity contribution in [1.29, 1.82) is 0 Å². The smallest absolute Gasteiger partial charge is 0.418 e. The van der Waals surface area contributed by atoms with Crippen LogP contribution in [0.25, 0.3) is 5.69 Å². The van der Waals surface area contributed by atoms with Gasteiger partial charge in [0.1, 0.15) is 0 Å². The second-order valence-electron chi connectivity index (χ2n) is 7.20. The van der Waals surface area contributed by atoms with E-state index >= 15 is 0 Å². The molecule has 3 rings (SSSR count). The largest absolute Gasteiger partial charge is 0.481 e. The fraction of sp³-hybridized carbons (Fsp3) is 0.529. The highest BCUT2D eigenvalue weighted by Crippen LogP contribution is 2.39. The topological polar surface area (TPSA) is 115 Å². The first-order chi connectivity index (χ1) is 13.5.